The number of anilines is 1. The fourth-order valence-corrected chi connectivity index (χ4v) is 3.84. The van der Waals surface area contributed by atoms with E-state index < -0.39 is 10.0 Å². The maximum Gasteiger partial charge on any atom is 0.261 e. The second-order valence-electron chi connectivity index (χ2n) is 6.01. The molecule has 0 atom stereocenters. The van der Waals surface area contributed by atoms with Crippen molar-refractivity contribution in [2.45, 2.75) is 4.90 Å². The Morgan fingerprint density at radius 2 is 1.57 bits per heavy atom. The molecule has 154 valence electrons. The first-order valence-electron chi connectivity index (χ1n) is 8.58. The molecule has 0 radical (unpaired) electrons. The first-order valence-corrected chi connectivity index (χ1v) is 10.4. The van der Waals surface area contributed by atoms with Gasteiger partial charge in [-0.15, -0.1) is 0 Å². The molecule has 0 aromatic heterocycles. The number of nitrogens with one attached hydrogen (secondary N) is 1. The number of hydrogen-bond donors (Lipinski definition) is 1. The highest BCUT2D eigenvalue weighted by molar-refractivity contribution is 7.92. The summed E-state index contributed by atoms with van der Waals surface area (Å²) < 4.78 is 43.9. The highest BCUT2D eigenvalue weighted by atomic mass is 35.5. The molecule has 0 saturated carbocycles. The lowest BCUT2D eigenvalue weighted by Gasteiger charge is -2.12. The lowest BCUT2D eigenvalue weighted by Crippen LogP contribution is -2.13. The van der Waals surface area contributed by atoms with Crippen LogP contribution in [-0.4, -0.2) is 22.6 Å². The Kier molecular flexibility index (Phi) is 6.35. The molecule has 0 spiro atoms. The van der Waals surface area contributed by atoms with Crippen LogP contribution in [0.2, 0.25) is 5.02 Å². The molecule has 0 unspecified atom stereocenters. The molecule has 0 aliphatic carbocycles. The number of rotatable bonds is 7. The molecule has 0 bridgehead atoms. The molecule has 0 saturated heterocycles. The third-order valence-corrected chi connectivity index (χ3v) is 5.76. The Bertz CT molecular complexity index is 1180. The average molecular weight is 445 g/mol. The van der Waals surface area contributed by atoms with E-state index in [2.05, 4.69) is 4.72 Å². The molecule has 3 aromatic carbocycles. The SMILES string of the molecule is COc1cc(NS(=O)(=O)c2ccc(Oc3cccc(Cl)c3C#N)cc2)cc(OC)c1. The molecule has 3 rings (SSSR count). The normalized spacial score (nSPS) is 10.7. The molecule has 1 N–H and O–H groups in total. The predicted molar refractivity (Wildman–Crippen MR) is 113 cm³/mol. The fraction of sp³-hybridized carbons (Fsp3) is 0.0952. The van der Waals surface area contributed by atoms with Crippen molar-refractivity contribution in [1.82, 2.24) is 0 Å². The second kappa shape index (κ2) is 8.95. The number of ether oxygens (including phenoxy) is 3. The Balaban J connectivity index is 1.82. The molecule has 3 aromatic rings. The van der Waals surface area contributed by atoms with Crippen molar-refractivity contribution in [1.29, 1.82) is 5.26 Å². The average Bonchev–Trinajstić information content (AvgIpc) is 2.73. The summed E-state index contributed by atoms with van der Waals surface area (Å²) in [4.78, 5) is 0.0308. The van der Waals surface area contributed by atoms with Crippen LogP contribution in [0.5, 0.6) is 23.0 Å². The number of benzene rings is 3. The van der Waals surface area contributed by atoms with Crippen molar-refractivity contribution < 1.29 is 22.6 Å². The van der Waals surface area contributed by atoms with Crippen LogP contribution in [0.1, 0.15) is 5.56 Å². The van der Waals surface area contributed by atoms with Crippen molar-refractivity contribution in [2.24, 2.45) is 0 Å². The van der Waals surface area contributed by atoms with Crippen LogP contribution in [0.25, 0.3) is 0 Å². The quantitative estimate of drug-likeness (QED) is 0.561. The summed E-state index contributed by atoms with van der Waals surface area (Å²) in [6, 6.07) is 17.3. The third kappa shape index (κ3) is 4.76. The zero-order valence-corrected chi connectivity index (χ0v) is 17.6. The van der Waals surface area contributed by atoms with Crippen molar-refractivity contribution >= 4 is 27.3 Å². The fourth-order valence-electron chi connectivity index (χ4n) is 2.59. The molecule has 30 heavy (non-hydrogen) atoms. The number of hydrogen-bond acceptors (Lipinski definition) is 6. The summed E-state index contributed by atoms with van der Waals surface area (Å²) in [5.41, 5.74) is 0.494. The highest BCUT2D eigenvalue weighted by Crippen LogP contribution is 2.31. The minimum absolute atomic E-state index is 0.0308. The monoisotopic (exact) mass is 444 g/mol. The van der Waals surface area contributed by atoms with Crippen LogP contribution in [0.3, 0.4) is 0 Å². The van der Waals surface area contributed by atoms with Gasteiger partial charge in [0.2, 0.25) is 0 Å². The zero-order valence-electron chi connectivity index (χ0n) is 16.0. The molecule has 9 heteroatoms. The van der Waals surface area contributed by atoms with Gasteiger partial charge < -0.3 is 14.2 Å². The van der Waals surface area contributed by atoms with Gasteiger partial charge in [-0.1, -0.05) is 17.7 Å². The van der Waals surface area contributed by atoms with Crippen molar-refractivity contribution in [2.75, 3.05) is 18.9 Å². The largest absolute Gasteiger partial charge is 0.497 e. The maximum absolute atomic E-state index is 12.7. The Morgan fingerprint density at radius 3 is 2.13 bits per heavy atom. The number of nitrogens with zero attached hydrogens (tertiary/aromatic N) is 1. The molecule has 0 amide bonds. The van der Waals surface area contributed by atoms with Gasteiger partial charge in [-0.3, -0.25) is 4.72 Å². The zero-order chi connectivity index (χ0) is 21.7. The molecule has 7 nitrogen and oxygen atoms in total. The van der Waals surface area contributed by atoms with Gasteiger partial charge in [-0.05, 0) is 36.4 Å². The van der Waals surface area contributed by atoms with Gasteiger partial charge >= 0.3 is 0 Å². The van der Waals surface area contributed by atoms with Crippen molar-refractivity contribution in [3.63, 3.8) is 0 Å². The predicted octanol–water partition coefficient (Wildman–Crippen LogP) is 4.82. The van der Waals surface area contributed by atoms with E-state index in [4.69, 9.17) is 25.8 Å². The summed E-state index contributed by atoms with van der Waals surface area (Å²) in [5.74, 6) is 1.54. The van der Waals surface area contributed by atoms with Crippen LogP contribution < -0.4 is 18.9 Å². The van der Waals surface area contributed by atoms with E-state index in [1.54, 1.807) is 36.4 Å². The lowest BCUT2D eigenvalue weighted by molar-refractivity contribution is 0.395. The van der Waals surface area contributed by atoms with Gasteiger partial charge in [0.25, 0.3) is 10.0 Å². The lowest BCUT2D eigenvalue weighted by atomic mass is 10.2. The standard InChI is InChI=1S/C21H17ClN2O5S/c1-27-16-10-14(11-17(12-16)28-2)24-30(25,26)18-8-6-15(7-9-18)29-21-5-3-4-20(22)19(21)13-23/h3-12,24H,1-2H3. The number of nitriles is 1. The Morgan fingerprint density at radius 1 is 0.933 bits per heavy atom. The highest BCUT2D eigenvalue weighted by Gasteiger charge is 2.16. The van der Waals surface area contributed by atoms with Gasteiger partial charge in [0.05, 0.1) is 29.8 Å². The first-order chi connectivity index (χ1) is 14.4. The summed E-state index contributed by atoms with van der Waals surface area (Å²) >= 11 is 5.99. The smallest absolute Gasteiger partial charge is 0.261 e. The molecular weight excluding hydrogens is 428 g/mol. The minimum atomic E-state index is -3.86. The van der Waals surface area contributed by atoms with E-state index in [0.717, 1.165) is 0 Å². The third-order valence-electron chi connectivity index (χ3n) is 4.05. The van der Waals surface area contributed by atoms with Crippen LogP contribution in [0.15, 0.2) is 65.6 Å². The van der Waals surface area contributed by atoms with E-state index in [1.807, 2.05) is 6.07 Å². The minimum Gasteiger partial charge on any atom is -0.497 e. The molecule has 0 aliphatic rings. The molecular formula is C21H17ClN2O5S. The summed E-state index contributed by atoms with van der Waals surface area (Å²) in [6.45, 7) is 0. The molecule has 0 heterocycles. The summed E-state index contributed by atoms with van der Waals surface area (Å²) in [6.07, 6.45) is 0. The van der Waals surface area contributed by atoms with Gasteiger partial charge in [0.1, 0.15) is 34.6 Å². The van der Waals surface area contributed by atoms with Crippen molar-refractivity contribution in [3.8, 4) is 29.1 Å². The second-order valence-corrected chi connectivity index (χ2v) is 8.09. The summed E-state index contributed by atoms with van der Waals surface area (Å²) in [5, 5.41) is 9.49. The number of sulfonamides is 1. The molecule has 0 fully saturated rings. The number of halogens is 1. The van der Waals surface area contributed by atoms with E-state index in [0.29, 0.717) is 22.9 Å². The van der Waals surface area contributed by atoms with Gasteiger partial charge in [-0.25, -0.2) is 8.42 Å². The van der Waals surface area contributed by atoms with Gasteiger partial charge in [0.15, 0.2) is 0 Å². The number of methoxy groups -OCH3 is 2. The van der Waals surface area contributed by atoms with Crippen molar-refractivity contribution in [3.05, 3.63) is 71.2 Å². The van der Waals surface area contributed by atoms with Crippen LogP contribution >= 0.6 is 11.6 Å². The van der Waals surface area contributed by atoms with Gasteiger partial charge in [0, 0.05) is 18.2 Å². The molecule has 0 aliphatic heterocycles. The Labute approximate surface area is 179 Å². The van der Waals surface area contributed by atoms with E-state index in [-0.39, 0.29) is 21.2 Å². The summed E-state index contributed by atoms with van der Waals surface area (Å²) in [7, 11) is -0.911. The van der Waals surface area contributed by atoms with Crippen LogP contribution in [0, 0.1) is 11.3 Å². The first kappa shape index (κ1) is 21.3. The van der Waals surface area contributed by atoms with E-state index in [1.165, 1.54) is 38.5 Å². The van der Waals surface area contributed by atoms with Crippen LogP contribution in [-0.2, 0) is 10.0 Å². The Hall–Kier alpha value is -3.41. The van der Waals surface area contributed by atoms with Crippen LogP contribution in [0.4, 0.5) is 5.69 Å². The van der Waals surface area contributed by atoms with E-state index >= 15 is 0 Å². The van der Waals surface area contributed by atoms with E-state index in [9.17, 15) is 13.7 Å². The van der Waals surface area contributed by atoms with Gasteiger partial charge in [-0.2, -0.15) is 5.26 Å². The topological polar surface area (TPSA) is 97.6 Å². The maximum atomic E-state index is 12.7.